The Morgan fingerprint density at radius 3 is 2.73 bits per heavy atom. The number of halogens is 2. The lowest BCUT2D eigenvalue weighted by Crippen LogP contribution is -2.40. The Kier molecular flexibility index (Phi) is 4.99. The van der Waals surface area contributed by atoms with Crippen molar-refractivity contribution < 1.29 is 13.6 Å². The second-order valence-electron chi connectivity index (χ2n) is 8.30. The summed E-state index contributed by atoms with van der Waals surface area (Å²) in [5, 5.41) is 6.99. The van der Waals surface area contributed by atoms with Crippen LogP contribution in [0.5, 0.6) is 0 Å². The van der Waals surface area contributed by atoms with E-state index in [4.69, 9.17) is 4.98 Å². The first-order valence-electron chi connectivity index (χ1n) is 10.5. The monoisotopic (exact) mass is 449 g/mol. The molecule has 1 aliphatic heterocycles. The summed E-state index contributed by atoms with van der Waals surface area (Å²) in [4.78, 5) is 27.3. The molecule has 5 rings (SSSR count). The van der Waals surface area contributed by atoms with E-state index in [2.05, 4.69) is 20.4 Å². The molecule has 4 heterocycles. The van der Waals surface area contributed by atoms with E-state index in [1.807, 2.05) is 18.7 Å². The van der Waals surface area contributed by atoms with Crippen LogP contribution >= 0.6 is 0 Å². The minimum absolute atomic E-state index is 0.0322. The van der Waals surface area contributed by atoms with Crippen molar-refractivity contribution in [2.24, 2.45) is 0 Å². The summed E-state index contributed by atoms with van der Waals surface area (Å²) in [5.41, 5.74) is 1.18. The van der Waals surface area contributed by atoms with Gasteiger partial charge in [-0.05, 0) is 56.5 Å². The molecule has 0 aliphatic carbocycles. The standard InChI is InChI=1S/C23H21F2N7O/c1-14-11-26-20(27-12-14)22(33)29-18-13-28-32-9-6-19(30-21(18)32)31-8-3-7-23(31,2)16-10-15(24)4-5-17(16)25/h4-6,9-13H,3,7-8H2,1-2H3,(H,29,33)/t23-/m1/s1. The van der Waals surface area contributed by atoms with Crippen molar-refractivity contribution in [3.05, 3.63) is 77.6 Å². The molecular weight excluding hydrogens is 428 g/mol. The molecule has 1 amide bonds. The third-order valence-corrected chi connectivity index (χ3v) is 6.01. The Morgan fingerprint density at radius 2 is 1.94 bits per heavy atom. The summed E-state index contributed by atoms with van der Waals surface area (Å²) in [7, 11) is 0. The number of amides is 1. The van der Waals surface area contributed by atoms with Gasteiger partial charge in [0.15, 0.2) is 5.65 Å². The molecule has 33 heavy (non-hydrogen) atoms. The average Bonchev–Trinajstić information content (AvgIpc) is 3.39. The van der Waals surface area contributed by atoms with Crippen LogP contribution in [0.1, 0.15) is 41.5 Å². The first-order chi connectivity index (χ1) is 15.8. The summed E-state index contributed by atoms with van der Waals surface area (Å²) >= 11 is 0. The van der Waals surface area contributed by atoms with Crippen molar-refractivity contribution in [2.45, 2.75) is 32.2 Å². The van der Waals surface area contributed by atoms with Gasteiger partial charge in [0.25, 0.3) is 5.91 Å². The predicted octanol–water partition coefficient (Wildman–Crippen LogP) is 3.87. The topological polar surface area (TPSA) is 88.3 Å². The molecule has 0 unspecified atom stereocenters. The second kappa shape index (κ2) is 7.88. The van der Waals surface area contributed by atoms with Gasteiger partial charge >= 0.3 is 0 Å². The predicted molar refractivity (Wildman–Crippen MR) is 118 cm³/mol. The zero-order valence-electron chi connectivity index (χ0n) is 18.1. The first-order valence-corrected chi connectivity index (χ1v) is 10.5. The third kappa shape index (κ3) is 3.67. The van der Waals surface area contributed by atoms with Crippen LogP contribution in [0.15, 0.2) is 49.1 Å². The van der Waals surface area contributed by atoms with Gasteiger partial charge in [0.2, 0.25) is 5.82 Å². The smallest absolute Gasteiger partial charge is 0.293 e. The van der Waals surface area contributed by atoms with Crippen LogP contribution in [-0.4, -0.2) is 37.0 Å². The van der Waals surface area contributed by atoms with Gasteiger partial charge in [-0.2, -0.15) is 5.10 Å². The number of rotatable bonds is 4. The van der Waals surface area contributed by atoms with Gasteiger partial charge in [-0.25, -0.2) is 28.2 Å². The lowest BCUT2D eigenvalue weighted by molar-refractivity contribution is 0.101. The summed E-state index contributed by atoms with van der Waals surface area (Å²) in [6, 6.07) is 5.29. The fourth-order valence-electron chi connectivity index (χ4n) is 4.31. The number of nitrogens with zero attached hydrogens (tertiary/aromatic N) is 6. The summed E-state index contributed by atoms with van der Waals surface area (Å²) in [6.45, 7) is 4.35. The number of carbonyl (C=O) groups is 1. The molecule has 0 spiro atoms. The number of aryl methyl sites for hydroxylation is 1. The van der Waals surface area contributed by atoms with Crippen molar-refractivity contribution in [2.75, 3.05) is 16.8 Å². The van der Waals surface area contributed by atoms with Crippen molar-refractivity contribution >= 4 is 23.1 Å². The number of hydrogen-bond acceptors (Lipinski definition) is 6. The van der Waals surface area contributed by atoms with E-state index < -0.39 is 23.1 Å². The molecule has 1 atom stereocenters. The largest absolute Gasteiger partial charge is 0.347 e. The molecule has 0 saturated carbocycles. The molecule has 0 radical (unpaired) electrons. The van der Waals surface area contributed by atoms with Crippen LogP contribution in [0.3, 0.4) is 0 Å². The van der Waals surface area contributed by atoms with Gasteiger partial charge in [-0.15, -0.1) is 0 Å². The lowest BCUT2D eigenvalue weighted by atomic mass is 9.88. The highest BCUT2D eigenvalue weighted by molar-refractivity contribution is 6.03. The van der Waals surface area contributed by atoms with Gasteiger partial charge in [0.05, 0.1) is 11.7 Å². The van der Waals surface area contributed by atoms with Crippen LogP contribution in [0.4, 0.5) is 20.3 Å². The van der Waals surface area contributed by atoms with Gasteiger partial charge in [0, 0.05) is 30.7 Å². The van der Waals surface area contributed by atoms with Gasteiger partial charge in [-0.1, -0.05) is 0 Å². The number of aromatic nitrogens is 5. The van der Waals surface area contributed by atoms with Crippen LogP contribution < -0.4 is 10.2 Å². The molecular formula is C23H21F2N7O. The number of nitrogens with one attached hydrogen (secondary N) is 1. The number of anilines is 2. The summed E-state index contributed by atoms with van der Waals surface area (Å²) in [5.74, 6) is -0.812. The van der Waals surface area contributed by atoms with E-state index in [0.29, 0.717) is 35.7 Å². The van der Waals surface area contributed by atoms with E-state index in [9.17, 15) is 13.6 Å². The highest BCUT2D eigenvalue weighted by Gasteiger charge is 2.41. The minimum Gasteiger partial charge on any atom is -0.347 e. The third-order valence-electron chi connectivity index (χ3n) is 6.01. The van der Waals surface area contributed by atoms with E-state index in [1.165, 1.54) is 16.8 Å². The normalized spacial score (nSPS) is 18.1. The maximum Gasteiger partial charge on any atom is 0.293 e. The lowest BCUT2D eigenvalue weighted by Gasteiger charge is -2.37. The zero-order valence-corrected chi connectivity index (χ0v) is 18.1. The second-order valence-corrected chi connectivity index (χ2v) is 8.30. The summed E-state index contributed by atoms with van der Waals surface area (Å²) in [6.07, 6.45) is 7.78. The molecule has 1 fully saturated rings. The molecule has 3 aromatic heterocycles. The maximum absolute atomic E-state index is 14.7. The molecule has 1 N–H and O–H groups in total. The van der Waals surface area contributed by atoms with E-state index >= 15 is 0 Å². The fraction of sp³-hybridized carbons (Fsp3) is 0.261. The highest BCUT2D eigenvalue weighted by Crippen LogP contribution is 2.42. The molecule has 8 nitrogen and oxygen atoms in total. The van der Waals surface area contributed by atoms with Crippen LogP contribution in [0, 0.1) is 18.6 Å². The minimum atomic E-state index is -0.767. The maximum atomic E-state index is 14.7. The fourth-order valence-corrected chi connectivity index (χ4v) is 4.31. The van der Waals surface area contributed by atoms with Gasteiger partial charge < -0.3 is 10.2 Å². The van der Waals surface area contributed by atoms with Gasteiger partial charge in [0.1, 0.15) is 23.1 Å². The van der Waals surface area contributed by atoms with Crippen molar-refractivity contribution in [3.8, 4) is 0 Å². The van der Waals surface area contributed by atoms with Crippen LogP contribution in [0.2, 0.25) is 0 Å². The van der Waals surface area contributed by atoms with Crippen molar-refractivity contribution in [1.29, 1.82) is 0 Å². The Morgan fingerprint density at radius 1 is 1.15 bits per heavy atom. The molecule has 1 saturated heterocycles. The zero-order chi connectivity index (χ0) is 23.2. The molecule has 10 heteroatoms. The van der Waals surface area contributed by atoms with E-state index in [1.54, 1.807) is 24.7 Å². The quantitative estimate of drug-likeness (QED) is 0.509. The summed E-state index contributed by atoms with van der Waals surface area (Å²) < 4.78 is 30.1. The Bertz CT molecular complexity index is 1350. The van der Waals surface area contributed by atoms with Crippen molar-refractivity contribution in [3.63, 3.8) is 0 Å². The van der Waals surface area contributed by atoms with Gasteiger partial charge in [-0.3, -0.25) is 4.79 Å². The van der Waals surface area contributed by atoms with E-state index in [-0.39, 0.29) is 5.82 Å². The first kappa shape index (κ1) is 20.9. The molecule has 0 bridgehead atoms. The Hall–Kier alpha value is -3.95. The number of fused-ring (bicyclic) bond motifs is 1. The van der Waals surface area contributed by atoms with Crippen molar-refractivity contribution in [1.82, 2.24) is 24.6 Å². The van der Waals surface area contributed by atoms with Crippen LogP contribution in [-0.2, 0) is 5.54 Å². The molecule has 1 aromatic carbocycles. The molecule has 168 valence electrons. The number of benzene rings is 1. The highest BCUT2D eigenvalue weighted by atomic mass is 19.1. The number of hydrogen-bond donors (Lipinski definition) is 1. The molecule has 1 aliphatic rings. The average molecular weight is 449 g/mol. The van der Waals surface area contributed by atoms with Crippen LogP contribution in [0.25, 0.3) is 5.65 Å². The number of carbonyl (C=O) groups excluding carboxylic acids is 1. The Balaban J connectivity index is 1.50. The van der Waals surface area contributed by atoms with E-state index in [0.717, 1.165) is 24.1 Å². The Labute approximate surface area is 188 Å². The SMILES string of the molecule is Cc1cnc(C(=O)Nc2cnn3ccc(N4CCC[C@]4(C)c4cc(F)ccc4F)nc23)nc1. The molecule has 4 aromatic rings.